The number of fused-ring (bicyclic) bond motifs is 9. The van der Waals surface area contributed by atoms with Gasteiger partial charge in [-0.15, -0.1) is 11.3 Å². The van der Waals surface area contributed by atoms with Gasteiger partial charge in [-0.1, -0.05) is 60.7 Å². The first-order valence-electron chi connectivity index (χ1n) is 13.6. The maximum atomic E-state index is 9.54. The summed E-state index contributed by atoms with van der Waals surface area (Å²) < 4.78 is 11.0. The van der Waals surface area contributed by atoms with E-state index in [0.29, 0.717) is 5.56 Å². The van der Waals surface area contributed by atoms with Crippen LogP contribution in [-0.2, 0) is 0 Å². The van der Waals surface area contributed by atoms with Gasteiger partial charge in [0.1, 0.15) is 11.2 Å². The quantitative estimate of drug-likeness (QED) is 0.219. The average Bonchev–Trinajstić information content (AvgIpc) is 3.69. The molecule has 0 amide bonds. The number of thiophene rings is 1. The molecule has 0 saturated carbocycles. The first kappa shape index (κ1) is 22.4. The Morgan fingerprint density at radius 2 is 1.32 bits per heavy atom. The first-order valence-corrected chi connectivity index (χ1v) is 14.4. The summed E-state index contributed by atoms with van der Waals surface area (Å²) in [6.07, 6.45) is 0. The van der Waals surface area contributed by atoms with E-state index in [9.17, 15) is 5.26 Å². The summed E-state index contributed by atoms with van der Waals surface area (Å²) >= 11 is 1.83. The van der Waals surface area contributed by atoms with Crippen molar-refractivity contribution in [1.82, 2.24) is 4.57 Å². The number of hydrogen-bond acceptors (Lipinski definition) is 3. The molecule has 0 radical (unpaired) electrons. The lowest BCUT2D eigenvalue weighted by molar-refractivity contribution is 0.669. The summed E-state index contributed by atoms with van der Waals surface area (Å²) in [6, 6.07) is 44.8. The molecule has 0 spiro atoms. The highest BCUT2D eigenvalue weighted by Gasteiger charge is 2.17. The van der Waals surface area contributed by atoms with Crippen molar-refractivity contribution in [3.8, 4) is 22.9 Å². The molecule has 3 aromatic heterocycles. The molecule has 0 saturated heterocycles. The third kappa shape index (κ3) is 3.18. The van der Waals surface area contributed by atoms with Crippen molar-refractivity contribution in [3.05, 3.63) is 127 Å². The highest BCUT2D eigenvalue weighted by atomic mass is 32.1. The van der Waals surface area contributed by atoms with Crippen LogP contribution < -0.4 is 0 Å². The van der Waals surface area contributed by atoms with Crippen LogP contribution in [0.5, 0.6) is 0 Å². The van der Waals surface area contributed by atoms with Gasteiger partial charge in [0.15, 0.2) is 0 Å². The van der Waals surface area contributed by atoms with E-state index in [1.54, 1.807) is 0 Å². The highest BCUT2D eigenvalue weighted by Crippen LogP contribution is 2.42. The van der Waals surface area contributed by atoms with Gasteiger partial charge in [-0.05, 0) is 71.8 Å². The Kier molecular flexibility index (Phi) is 4.55. The van der Waals surface area contributed by atoms with Gasteiger partial charge in [0.2, 0.25) is 0 Å². The Balaban J connectivity index is 1.26. The molecule has 4 heteroatoms. The van der Waals surface area contributed by atoms with Gasteiger partial charge in [-0.3, -0.25) is 0 Å². The largest absolute Gasteiger partial charge is 0.456 e. The van der Waals surface area contributed by atoms with Gasteiger partial charge in [-0.2, -0.15) is 5.26 Å². The van der Waals surface area contributed by atoms with Crippen LogP contribution in [0.3, 0.4) is 0 Å². The molecule has 0 N–H and O–H groups in total. The van der Waals surface area contributed by atoms with Gasteiger partial charge in [0.05, 0.1) is 33.1 Å². The Morgan fingerprint density at radius 3 is 2.24 bits per heavy atom. The molecule has 9 rings (SSSR count). The van der Waals surface area contributed by atoms with E-state index in [2.05, 4.69) is 108 Å². The maximum absolute atomic E-state index is 9.54. The highest BCUT2D eigenvalue weighted by molar-refractivity contribution is 7.26. The predicted octanol–water partition coefficient (Wildman–Crippen LogP) is 10.6. The summed E-state index contributed by atoms with van der Waals surface area (Å²) in [7, 11) is 0. The van der Waals surface area contributed by atoms with Crippen LogP contribution in [0.1, 0.15) is 5.56 Å². The van der Waals surface area contributed by atoms with Crippen LogP contribution >= 0.6 is 11.3 Å². The molecule has 0 unspecified atom stereocenters. The Hall–Kier alpha value is -5.37. The summed E-state index contributed by atoms with van der Waals surface area (Å²) in [5, 5.41) is 16.6. The Bertz CT molecular complexity index is 2560. The van der Waals surface area contributed by atoms with Crippen molar-refractivity contribution < 1.29 is 4.42 Å². The number of hydrogen-bond donors (Lipinski definition) is 0. The van der Waals surface area contributed by atoms with Gasteiger partial charge < -0.3 is 8.98 Å². The maximum Gasteiger partial charge on any atom is 0.136 e. The zero-order chi connectivity index (χ0) is 27.1. The second kappa shape index (κ2) is 8.32. The van der Waals surface area contributed by atoms with Crippen LogP contribution in [0.4, 0.5) is 0 Å². The van der Waals surface area contributed by atoms with Crippen molar-refractivity contribution in [3.63, 3.8) is 0 Å². The minimum Gasteiger partial charge on any atom is -0.456 e. The van der Waals surface area contributed by atoms with E-state index in [-0.39, 0.29) is 0 Å². The fraction of sp³-hybridized carbons (Fsp3) is 0. The second-order valence-electron chi connectivity index (χ2n) is 10.5. The first-order chi connectivity index (χ1) is 20.3. The molecular formula is C37H20N2OS. The molecule has 0 aliphatic carbocycles. The summed E-state index contributed by atoms with van der Waals surface area (Å²) in [5.41, 5.74) is 8.22. The van der Waals surface area contributed by atoms with E-state index < -0.39 is 0 Å². The molecule has 190 valence electrons. The average molecular weight is 541 g/mol. The van der Waals surface area contributed by atoms with E-state index in [1.807, 2.05) is 35.6 Å². The molecule has 3 heterocycles. The number of benzene rings is 6. The lowest BCUT2D eigenvalue weighted by Crippen LogP contribution is -1.93. The second-order valence-corrected chi connectivity index (χ2v) is 11.5. The molecule has 0 fully saturated rings. The van der Waals surface area contributed by atoms with Gasteiger partial charge in [-0.25, -0.2) is 0 Å². The van der Waals surface area contributed by atoms with Crippen LogP contribution in [0.25, 0.3) is 80.7 Å². The smallest absolute Gasteiger partial charge is 0.136 e. The minimum absolute atomic E-state index is 0.675. The molecule has 9 aromatic rings. The third-order valence-electron chi connectivity index (χ3n) is 8.23. The number of nitriles is 1. The van der Waals surface area contributed by atoms with Crippen LogP contribution in [0.2, 0.25) is 0 Å². The van der Waals surface area contributed by atoms with Gasteiger partial charge in [0.25, 0.3) is 0 Å². The van der Waals surface area contributed by atoms with E-state index >= 15 is 0 Å². The third-order valence-corrected chi connectivity index (χ3v) is 9.44. The molecular weight excluding hydrogens is 520 g/mol. The number of nitrogens with zero attached hydrogens (tertiary/aromatic N) is 2. The van der Waals surface area contributed by atoms with Gasteiger partial charge in [0, 0.05) is 37.0 Å². The molecule has 3 nitrogen and oxygen atoms in total. The van der Waals surface area contributed by atoms with Crippen molar-refractivity contribution in [2.75, 3.05) is 0 Å². The molecule has 41 heavy (non-hydrogen) atoms. The molecule has 0 aliphatic heterocycles. The summed E-state index contributed by atoms with van der Waals surface area (Å²) in [6.45, 7) is 0. The Morgan fingerprint density at radius 1 is 0.561 bits per heavy atom. The topological polar surface area (TPSA) is 41.9 Å². The zero-order valence-corrected chi connectivity index (χ0v) is 22.6. The zero-order valence-electron chi connectivity index (χ0n) is 21.8. The fourth-order valence-corrected chi connectivity index (χ4v) is 7.53. The fourth-order valence-electron chi connectivity index (χ4n) is 6.35. The molecule has 6 aromatic carbocycles. The molecule has 0 aliphatic rings. The van der Waals surface area contributed by atoms with Crippen molar-refractivity contribution >= 4 is 75.3 Å². The number of para-hydroxylation sites is 2. The monoisotopic (exact) mass is 540 g/mol. The van der Waals surface area contributed by atoms with Crippen LogP contribution in [-0.4, -0.2) is 4.57 Å². The lowest BCUT2D eigenvalue weighted by Gasteiger charge is -2.09. The molecule has 0 atom stereocenters. The van der Waals surface area contributed by atoms with Crippen LogP contribution in [0, 0.1) is 11.3 Å². The number of rotatable bonds is 2. The predicted molar refractivity (Wildman–Crippen MR) is 171 cm³/mol. The SMILES string of the molecule is N#Cc1ccc2c(c1)c1ccccc1n2-c1cccc2c1sc1ccc(-c3ccc4c(c3)oc3ccccc34)cc12. The number of furan rings is 1. The lowest BCUT2D eigenvalue weighted by atomic mass is 10.0. The summed E-state index contributed by atoms with van der Waals surface area (Å²) in [5.74, 6) is 0. The summed E-state index contributed by atoms with van der Waals surface area (Å²) in [4.78, 5) is 0. The Labute approximate surface area is 238 Å². The normalized spacial score (nSPS) is 11.9. The van der Waals surface area contributed by atoms with Gasteiger partial charge >= 0.3 is 0 Å². The molecule has 0 bridgehead atoms. The standard InChI is InChI=1S/C37H20N2OS/c38-21-22-12-16-32-29(18-22)25-6-1-3-9-31(25)39(32)33-10-5-8-28-30-19-23(14-17-36(30)41-37(28)33)24-13-15-27-26-7-2-4-11-34(26)40-35(27)20-24/h1-20H. The van der Waals surface area contributed by atoms with Crippen molar-refractivity contribution in [2.45, 2.75) is 0 Å². The van der Waals surface area contributed by atoms with E-state index in [0.717, 1.165) is 55.0 Å². The number of aromatic nitrogens is 1. The van der Waals surface area contributed by atoms with Crippen molar-refractivity contribution in [2.24, 2.45) is 0 Å². The van der Waals surface area contributed by atoms with E-state index in [4.69, 9.17) is 4.42 Å². The van der Waals surface area contributed by atoms with Crippen LogP contribution in [0.15, 0.2) is 126 Å². The minimum atomic E-state index is 0.675. The van der Waals surface area contributed by atoms with E-state index in [1.165, 1.54) is 25.7 Å². The van der Waals surface area contributed by atoms with Crippen molar-refractivity contribution in [1.29, 1.82) is 5.26 Å².